The molecule has 1 heterocycles. The number of carbonyl (C=O) groups excluding carboxylic acids is 1. The van der Waals surface area contributed by atoms with Gasteiger partial charge >= 0.3 is 0 Å². The molecule has 0 radical (unpaired) electrons. The zero-order chi connectivity index (χ0) is 13.1. The topological polar surface area (TPSA) is 75.1 Å². The second-order valence-corrected chi connectivity index (χ2v) is 4.01. The minimum absolute atomic E-state index is 0.103. The van der Waals surface area contributed by atoms with Crippen molar-refractivity contribution in [1.29, 1.82) is 0 Å². The Hall–Kier alpha value is -2.14. The van der Waals surface area contributed by atoms with Gasteiger partial charge in [0.25, 0.3) is 5.91 Å². The molecule has 0 bridgehead atoms. The third-order valence-corrected chi connectivity index (χ3v) is 2.39. The molecule has 1 amide bonds. The molecule has 92 valence electrons. The summed E-state index contributed by atoms with van der Waals surface area (Å²) >= 11 is 5.76. The number of aromatic hydroxyl groups is 1. The first-order valence-electron chi connectivity index (χ1n) is 5.17. The number of anilines is 1. The summed E-state index contributed by atoms with van der Waals surface area (Å²) in [6, 6.07) is 7.79. The van der Waals surface area contributed by atoms with E-state index in [1.807, 2.05) is 0 Å². The minimum Gasteiger partial charge on any atom is -0.507 e. The Labute approximate surface area is 108 Å². The van der Waals surface area contributed by atoms with Gasteiger partial charge in [0, 0.05) is 5.69 Å². The summed E-state index contributed by atoms with van der Waals surface area (Å²) in [4.78, 5) is 19.8. The van der Waals surface area contributed by atoms with E-state index in [1.165, 1.54) is 12.1 Å². The lowest BCUT2D eigenvalue weighted by Gasteiger charge is -2.06. The van der Waals surface area contributed by atoms with Crippen LogP contribution in [0.2, 0.25) is 5.15 Å². The van der Waals surface area contributed by atoms with Crippen LogP contribution in [0.5, 0.6) is 5.75 Å². The molecule has 2 rings (SSSR count). The maximum atomic E-state index is 11.9. The number of nitrogens with zero attached hydrogens (tertiary/aromatic N) is 2. The molecule has 6 heteroatoms. The molecule has 0 fully saturated rings. The molecule has 2 N–H and O–H groups in total. The number of hydrogen-bond donors (Lipinski definition) is 2. The van der Waals surface area contributed by atoms with Gasteiger partial charge < -0.3 is 5.11 Å². The van der Waals surface area contributed by atoms with Gasteiger partial charge in [0.1, 0.15) is 10.9 Å². The molecule has 0 aliphatic heterocycles. The molecule has 1 aromatic heterocycles. The maximum absolute atomic E-state index is 11.9. The highest BCUT2D eigenvalue weighted by Crippen LogP contribution is 2.17. The Kier molecular flexibility index (Phi) is 3.43. The fourth-order valence-electron chi connectivity index (χ4n) is 1.42. The first-order valence-corrected chi connectivity index (χ1v) is 5.54. The third kappa shape index (κ3) is 2.75. The van der Waals surface area contributed by atoms with E-state index in [0.717, 1.165) is 0 Å². The second kappa shape index (κ2) is 5.01. The molecule has 18 heavy (non-hydrogen) atoms. The number of hydrogen-bond acceptors (Lipinski definition) is 4. The van der Waals surface area contributed by atoms with E-state index in [0.29, 0.717) is 5.69 Å². The zero-order valence-corrected chi connectivity index (χ0v) is 10.3. The van der Waals surface area contributed by atoms with Gasteiger partial charge in [-0.1, -0.05) is 23.7 Å². The summed E-state index contributed by atoms with van der Waals surface area (Å²) in [5.41, 5.74) is 0.793. The Bertz CT molecular complexity index is 581. The lowest BCUT2D eigenvalue weighted by atomic mass is 10.2. The summed E-state index contributed by atoms with van der Waals surface area (Å²) < 4.78 is 0. The number of halogens is 1. The monoisotopic (exact) mass is 263 g/mol. The summed E-state index contributed by atoms with van der Waals surface area (Å²) in [6.45, 7) is 1.74. The van der Waals surface area contributed by atoms with Crippen LogP contribution < -0.4 is 5.32 Å². The average molecular weight is 264 g/mol. The molecule has 0 unspecified atom stereocenters. The van der Waals surface area contributed by atoms with Crippen LogP contribution in [0.25, 0.3) is 0 Å². The number of aromatic nitrogens is 2. The number of amides is 1. The van der Waals surface area contributed by atoms with Crippen LogP contribution in [0, 0.1) is 6.92 Å². The van der Waals surface area contributed by atoms with Gasteiger partial charge in [-0.15, -0.1) is 0 Å². The number of carbonyl (C=O) groups is 1. The quantitative estimate of drug-likeness (QED) is 0.816. The highest BCUT2D eigenvalue weighted by molar-refractivity contribution is 6.29. The van der Waals surface area contributed by atoms with Crippen LogP contribution in [0.1, 0.15) is 16.1 Å². The Balaban J connectivity index is 2.24. The first-order chi connectivity index (χ1) is 8.56. The van der Waals surface area contributed by atoms with Crippen LogP contribution >= 0.6 is 11.6 Å². The van der Waals surface area contributed by atoms with Gasteiger partial charge in [-0.25, -0.2) is 9.97 Å². The smallest absolute Gasteiger partial charge is 0.261 e. The Morgan fingerprint density at radius 3 is 2.72 bits per heavy atom. The second-order valence-electron chi connectivity index (χ2n) is 3.63. The molecular formula is C12H10ClN3O2. The van der Waals surface area contributed by atoms with Gasteiger partial charge in [0.15, 0.2) is 0 Å². The van der Waals surface area contributed by atoms with E-state index in [-0.39, 0.29) is 22.4 Å². The molecule has 0 saturated carbocycles. The minimum atomic E-state index is -0.491. The molecule has 5 nitrogen and oxygen atoms in total. The number of nitrogens with one attached hydrogen (secondary N) is 1. The summed E-state index contributed by atoms with van der Waals surface area (Å²) in [5, 5.41) is 12.3. The highest BCUT2D eigenvalue weighted by atomic mass is 35.5. The number of phenols is 1. The normalized spacial score (nSPS) is 10.1. The van der Waals surface area contributed by atoms with Crippen molar-refractivity contribution >= 4 is 23.5 Å². The van der Waals surface area contributed by atoms with Crippen LogP contribution in [0.15, 0.2) is 30.3 Å². The van der Waals surface area contributed by atoms with E-state index in [9.17, 15) is 9.90 Å². The van der Waals surface area contributed by atoms with Crippen molar-refractivity contribution in [2.45, 2.75) is 6.92 Å². The maximum Gasteiger partial charge on any atom is 0.261 e. The SMILES string of the molecule is Cc1cc(Cl)nc(NC(=O)c2ccccc2O)n1. The lowest BCUT2D eigenvalue weighted by molar-refractivity contribution is 0.102. The Morgan fingerprint density at radius 2 is 2.06 bits per heavy atom. The molecule has 0 atom stereocenters. The lowest BCUT2D eigenvalue weighted by Crippen LogP contribution is -2.14. The van der Waals surface area contributed by atoms with E-state index >= 15 is 0 Å². The standard InChI is InChI=1S/C12H10ClN3O2/c1-7-6-10(13)15-12(14-7)16-11(18)8-4-2-3-5-9(8)17/h2-6,17H,1H3,(H,14,15,16,18). The van der Waals surface area contributed by atoms with Crippen LogP contribution in [-0.2, 0) is 0 Å². The fourth-order valence-corrected chi connectivity index (χ4v) is 1.66. The largest absolute Gasteiger partial charge is 0.507 e. The third-order valence-electron chi connectivity index (χ3n) is 2.20. The number of rotatable bonds is 2. The van der Waals surface area contributed by atoms with Crippen molar-refractivity contribution in [2.75, 3.05) is 5.32 Å². The van der Waals surface area contributed by atoms with Crippen molar-refractivity contribution < 1.29 is 9.90 Å². The molecular weight excluding hydrogens is 254 g/mol. The predicted octanol–water partition coefficient (Wildman–Crippen LogP) is 2.40. The number of benzene rings is 1. The molecule has 0 aliphatic carbocycles. The van der Waals surface area contributed by atoms with Crippen molar-refractivity contribution in [3.63, 3.8) is 0 Å². The molecule has 0 spiro atoms. The summed E-state index contributed by atoms with van der Waals surface area (Å²) in [7, 11) is 0. The highest BCUT2D eigenvalue weighted by Gasteiger charge is 2.12. The molecule has 0 aliphatic rings. The van der Waals surface area contributed by atoms with Gasteiger partial charge in [0.05, 0.1) is 5.56 Å². The number of phenolic OH excluding ortho intramolecular Hbond substituents is 1. The first kappa shape index (κ1) is 12.3. The molecule has 0 saturated heterocycles. The van der Waals surface area contributed by atoms with E-state index < -0.39 is 5.91 Å². The average Bonchev–Trinajstić information content (AvgIpc) is 2.27. The van der Waals surface area contributed by atoms with E-state index in [2.05, 4.69) is 15.3 Å². The summed E-state index contributed by atoms with van der Waals surface area (Å²) in [5.74, 6) is -0.489. The van der Waals surface area contributed by atoms with Gasteiger partial charge in [-0.2, -0.15) is 0 Å². The van der Waals surface area contributed by atoms with Crippen LogP contribution in [0.4, 0.5) is 5.95 Å². The predicted molar refractivity (Wildman–Crippen MR) is 67.8 cm³/mol. The van der Waals surface area contributed by atoms with Crippen molar-refractivity contribution in [3.8, 4) is 5.75 Å². The van der Waals surface area contributed by atoms with Crippen molar-refractivity contribution in [2.24, 2.45) is 0 Å². The number of para-hydroxylation sites is 1. The van der Waals surface area contributed by atoms with Gasteiger partial charge in [-0.3, -0.25) is 10.1 Å². The van der Waals surface area contributed by atoms with Gasteiger partial charge in [-0.05, 0) is 25.1 Å². The molecule has 1 aromatic carbocycles. The van der Waals surface area contributed by atoms with Gasteiger partial charge in [0.2, 0.25) is 5.95 Å². The fraction of sp³-hybridized carbons (Fsp3) is 0.0833. The van der Waals surface area contributed by atoms with Crippen molar-refractivity contribution in [3.05, 3.63) is 46.7 Å². The Morgan fingerprint density at radius 1 is 1.33 bits per heavy atom. The van der Waals surface area contributed by atoms with E-state index in [4.69, 9.17) is 11.6 Å². The zero-order valence-electron chi connectivity index (χ0n) is 9.51. The van der Waals surface area contributed by atoms with Crippen molar-refractivity contribution in [1.82, 2.24) is 9.97 Å². The van der Waals surface area contributed by atoms with E-state index in [1.54, 1.807) is 25.1 Å². The van der Waals surface area contributed by atoms with Crippen LogP contribution in [0.3, 0.4) is 0 Å². The number of aryl methyl sites for hydroxylation is 1. The molecule has 2 aromatic rings. The van der Waals surface area contributed by atoms with Crippen LogP contribution in [-0.4, -0.2) is 21.0 Å². The summed E-state index contributed by atoms with van der Waals surface area (Å²) in [6.07, 6.45) is 0.